The Morgan fingerprint density at radius 1 is 1.18 bits per heavy atom. The van der Waals surface area contributed by atoms with E-state index in [-0.39, 0.29) is 17.8 Å². The minimum absolute atomic E-state index is 0.0452. The van der Waals surface area contributed by atoms with Crippen LogP contribution in [0.5, 0.6) is 0 Å². The Kier molecular flexibility index (Phi) is 7.60. The second-order valence-corrected chi connectivity index (χ2v) is 10.1. The van der Waals surface area contributed by atoms with Crippen LogP contribution in [0.4, 0.5) is 33.5 Å². The van der Waals surface area contributed by atoms with Crippen molar-refractivity contribution in [3.05, 3.63) is 71.0 Å². The molecule has 0 atom stereocenters. The number of hydrogen-bond donors (Lipinski definition) is 1. The van der Waals surface area contributed by atoms with Crippen LogP contribution in [0.1, 0.15) is 23.1 Å². The number of hydrogen-bond acceptors (Lipinski definition) is 8. The lowest BCUT2D eigenvalue weighted by atomic mass is 10.0. The number of halogens is 5. The number of carbonyl (C=O) groups is 1. The van der Waals surface area contributed by atoms with Gasteiger partial charge in [-0.3, -0.25) is 4.90 Å². The fraction of sp³-hybridized carbons (Fsp3) is 0.304. The Hall–Kier alpha value is -3.72. The molecule has 4 rings (SSSR count). The van der Waals surface area contributed by atoms with Gasteiger partial charge in [-0.15, -0.1) is 0 Å². The van der Waals surface area contributed by atoms with Crippen molar-refractivity contribution in [2.75, 3.05) is 22.9 Å². The SMILES string of the molecule is Cc1c(NCc2c(F)cccc2CN2CCC2)ccc(S(=O)(=O)N(OC(=O)C(F)(F)F)c2ccon2)c1F. The van der Waals surface area contributed by atoms with Crippen molar-refractivity contribution in [2.45, 2.75) is 37.5 Å². The highest BCUT2D eigenvalue weighted by molar-refractivity contribution is 7.92. The van der Waals surface area contributed by atoms with E-state index in [4.69, 9.17) is 0 Å². The fourth-order valence-corrected chi connectivity index (χ4v) is 5.00. The van der Waals surface area contributed by atoms with Crippen molar-refractivity contribution in [3.8, 4) is 0 Å². The van der Waals surface area contributed by atoms with Crippen molar-refractivity contribution in [3.63, 3.8) is 0 Å². The summed E-state index contributed by atoms with van der Waals surface area (Å²) in [6, 6.07) is 7.40. The minimum atomic E-state index is -5.55. The number of benzene rings is 2. The topological polar surface area (TPSA) is 105 Å². The van der Waals surface area contributed by atoms with Crippen LogP contribution in [0, 0.1) is 18.6 Å². The molecule has 0 spiro atoms. The second kappa shape index (κ2) is 10.6. The molecule has 0 unspecified atom stereocenters. The first-order valence-corrected chi connectivity index (χ1v) is 12.6. The van der Waals surface area contributed by atoms with Gasteiger partial charge in [0, 0.05) is 36.0 Å². The number of nitrogens with zero attached hydrogens (tertiary/aromatic N) is 3. The van der Waals surface area contributed by atoms with Gasteiger partial charge in [0.2, 0.25) is 5.82 Å². The van der Waals surface area contributed by atoms with Gasteiger partial charge in [-0.05, 0) is 50.2 Å². The molecule has 1 aromatic heterocycles. The fourth-order valence-electron chi connectivity index (χ4n) is 3.70. The van der Waals surface area contributed by atoms with E-state index in [9.17, 15) is 30.8 Å². The zero-order valence-corrected chi connectivity index (χ0v) is 20.6. The Labute approximate surface area is 213 Å². The molecule has 1 N–H and O–H groups in total. The van der Waals surface area contributed by atoms with Gasteiger partial charge < -0.3 is 14.7 Å². The summed E-state index contributed by atoms with van der Waals surface area (Å²) >= 11 is 0. The van der Waals surface area contributed by atoms with E-state index in [0.717, 1.165) is 49.5 Å². The van der Waals surface area contributed by atoms with Gasteiger partial charge in [-0.1, -0.05) is 21.8 Å². The van der Waals surface area contributed by atoms with E-state index in [1.807, 2.05) is 0 Å². The lowest BCUT2D eigenvalue weighted by Crippen LogP contribution is -2.39. The molecule has 38 heavy (non-hydrogen) atoms. The lowest BCUT2D eigenvalue weighted by Gasteiger charge is -2.31. The number of rotatable bonds is 9. The molecule has 9 nitrogen and oxygen atoms in total. The van der Waals surface area contributed by atoms with Crippen molar-refractivity contribution in [2.24, 2.45) is 0 Å². The average Bonchev–Trinajstić information content (AvgIpc) is 3.35. The minimum Gasteiger partial charge on any atom is -0.381 e. The molecule has 1 aliphatic heterocycles. The van der Waals surface area contributed by atoms with Gasteiger partial charge >= 0.3 is 12.1 Å². The van der Waals surface area contributed by atoms with Crippen LogP contribution in [-0.2, 0) is 32.7 Å². The second-order valence-electron chi connectivity index (χ2n) is 8.38. The first kappa shape index (κ1) is 27.3. The molecule has 1 fully saturated rings. The number of anilines is 2. The van der Waals surface area contributed by atoms with Crippen molar-refractivity contribution in [1.82, 2.24) is 10.1 Å². The summed E-state index contributed by atoms with van der Waals surface area (Å²) in [5.74, 6) is -5.53. The maximum atomic E-state index is 15.3. The highest BCUT2D eigenvalue weighted by Crippen LogP contribution is 2.31. The molecule has 1 saturated heterocycles. The van der Waals surface area contributed by atoms with Gasteiger partial charge in [0.05, 0.1) is 0 Å². The highest BCUT2D eigenvalue weighted by Gasteiger charge is 2.46. The summed E-state index contributed by atoms with van der Waals surface area (Å²) in [7, 11) is -5.24. The van der Waals surface area contributed by atoms with E-state index in [2.05, 4.69) is 24.7 Å². The smallest absolute Gasteiger partial charge is 0.381 e. The predicted molar refractivity (Wildman–Crippen MR) is 123 cm³/mol. The molecule has 2 heterocycles. The molecule has 3 aromatic rings. The van der Waals surface area contributed by atoms with Crippen LogP contribution in [0.3, 0.4) is 0 Å². The van der Waals surface area contributed by atoms with E-state index in [1.165, 1.54) is 13.0 Å². The monoisotopic (exact) mass is 560 g/mol. The van der Waals surface area contributed by atoms with Gasteiger partial charge in [0.1, 0.15) is 22.8 Å². The van der Waals surface area contributed by atoms with Gasteiger partial charge in [0.25, 0.3) is 10.0 Å². The van der Waals surface area contributed by atoms with E-state index in [0.29, 0.717) is 12.1 Å². The number of carbonyl (C=O) groups excluding carboxylic acids is 1. The molecule has 0 radical (unpaired) electrons. The maximum absolute atomic E-state index is 15.3. The average molecular weight is 561 g/mol. The standard InChI is InChI=1S/C23H21F5N4O5S/c1-14-18(29-12-16-15(4-2-5-17(16)24)13-31-9-3-10-31)6-7-19(21(14)25)38(34,35)32(20-8-11-36-30-20)37-22(33)23(26,27)28/h2,4-8,11,29H,3,9-10,12-13H2,1H3. The zero-order chi connectivity index (χ0) is 27.7. The summed E-state index contributed by atoms with van der Waals surface area (Å²) in [5, 5.41) is 6.06. The molecule has 0 saturated carbocycles. The highest BCUT2D eigenvalue weighted by atomic mass is 32.2. The summed E-state index contributed by atoms with van der Waals surface area (Å²) in [6.07, 6.45) is -3.69. The molecule has 1 aliphatic rings. The molecule has 204 valence electrons. The van der Waals surface area contributed by atoms with Crippen LogP contribution in [0.15, 0.2) is 52.1 Å². The first-order chi connectivity index (χ1) is 17.9. The summed E-state index contributed by atoms with van der Waals surface area (Å²) in [6.45, 7) is 3.51. The summed E-state index contributed by atoms with van der Waals surface area (Å²) in [4.78, 5) is 16.4. The Morgan fingerprint density at radius 3 is 2.53 bits per heavy atom. The molecular weight excluding hydrogens is 539 g/mol. The van der Waals surface area contributed by atoms with Gasteiger partial charge in [-0.25, -0.2) is 13.6 Å². The third-order valence-corrected chi connectivity index (χ3v) is 7.44. The van der Waals surface area contributed by atoms with E-state index < -0.39 is 49.0 Å². The molecule has 0 aliphatic carbocycles. The maximum Gasteiger partial charge on any atom is 0.493 e. The van der Waals surface area contributed by atoms with Gasteiger partial charge in [-0.2, -0.15) is 21.6 Å². The summed E-state index contributed by atoms with van der Waals surface area (Å²) < 4.78 is 98.3. The number of likely N-dealkylation sites (tertiary alicyclic amines) is 1. The Morgan fingerprint density at radius 2 is 1.92 bits per heavy atom. The van der Waals surface area contributed by atoms with Crippen molar-refractivity contribution < 1.29 is 44.5 Å². The number of sulfonamides is 1. The number of nitrogens with one attached hydrogen (secondary N) is 1. The van der Waals surface area contributed by atoms with Crippen LogP contribution >= 0.6 is 0 Å². The molecule has 15 heteroatoms. The van der Waals surface area contributed by atoms with Gasteiger partial charge in [0.15, 0.2) is 0 Å². The molecule has 2 aromatic carbocycles. The van der Waals surface area contributed by atoms with Crippen LogP contribution in [-0.4, -0.2) is 43.7 Å². The number of alkyl halides is 3. The van der Waals surface area contributed by atoms with Crippen LogP contribution in [0.25, 0.3) is 0 Å². The first-order valence-electron chi connectivity index (χ1n) is 11.2. The molecular formula is C23H21F5N4O5S. The van der Waals surface area contributed by atoms with Crippen LogP contribution in [0.2, 0.25) is 0 Å². The molecule has 0 bridgehead atoms. The predicted octanol–water partition coefficient (Wildman–Crippen LogP) is 4.29. The van der Waals surface area contributed by atoms with Crippen LogP contribution < -0.4 is 9.79 Å². The van der Waals surface area contributed by atoms with Crippen molar-refractivity contribution in [1.29, 1.82) is 0 Å². The molecule has 0 amide bonds. The third kappa shape index (κ3) is 5.57. The lowest BCUT2D eigenvalue weighted by molar-refractivity contribution is -0.199. The van der Waals surface area contributed by atoms with E-state index in [1.54, 1.807) is 12.1 Å². The summed E-state index contributed by atoms with van der Waals surface area (Å²) in [5.41, 5.74) is 0.977. The van der Waals surface area contributed by atoms with Crippen molar-refractivity contribution >= 4 is 27.5 Å². The Bertz CT molecular complexity index is 1430. The third-order valence-electron chi connectivity index (χ3n) is 5.87. The zero-order valence-electron chi connectivity index (χ0n) is 19.8. The Balaban J connectivity index is 1.61. The largest absolute Gasteiger partial charge is 0.493 e. The number of aromatic nitrogens is 1. The normalized spacial score (nSPS) is 14.2. The quantitative estimate of drug-likeness (QED) is 0.305. The van der Waals surface area contributed by atoms with E-state index >= 15 is 4.39 Å².